The highest BCUT2D eigenvalue weighted by Gasteiger charge is 2.28. The molecule has 3 heterocycles. The second kappa shape index (κ2) is 11.5. The third-order valence-electron chi connectivity index (χ3n) is 7.20. The van der Waals surface area contributed by atoms with Crippen molar-refractivity contribution < 1.29 is 18.7 Å². The molecular formula is C29H29N5O4S. The number of ether oxygens (including phenoxy) is 1. The largest absolute Gasteiger partial charge is 0.444 e. The molecule has 6 rings (SSSR count). The summed E-state index contributed by atoms with van der Waals surface area (Å²) in [4.78, 5) is 38.1. The number of hydrogen-bond acceptors (Lipinski definition) is 8. The van der Waals surface area contributed by atoms with Crippen molar-refractivity contribution in [3.8, 4) is 11.3 Å². The molecule has 0 saturated carbocycles. The molecule has 0 radical (unpaired) electrons. The fourth-order valence-corrected chi connectivity index (χ4v) is 6.16. The minimum Gasteiger partial charge on any atom is -0.444 e. The van der Waals surface area contributed by atoms with E-state index in [0.717, 1.165) is 62.4 Å². The van der Waals surface area contributed by atoms with E-state index in [9.17, 15) is 9.59 Å². The van der Waals surface area contributed by atoms with E-state index in [2.05, 4.69) is 20.5 Å². The molecule has 39 heavy (non-hydrogen) atoms. The number of nitrogens with one attached hydrogen (secondary N) is 2. The van der Waals surface area contributed by atoms with Gasteiger partial charge in [0, 0.05) is 47.2 Å². The summed E-state index contributed by atoms with van der Waals surface area (Å²) in [7, 11) is 0. The van der Waals surface area contributed by atoms with Gasteiger partial charge in [0.2, 0.25) is 0 Å². The average Bonchev–Trinajstić information content (AvgIpc) is 3.66. The zero-order chi connectivity index (χ0) is 26.6. The maximum absolute atomic E-state index is 13.0. The number of fused-ring (bicyclic) bond motifs is 1. The zero-order valence-corrected chi connectivity index (χ0v) is 22.2. The van der Waals surface area contributed by atoms with Crippen LogP contribution in [-0.4, -0.2) is 59.0 Å². The number of oxazole rings is 1. The van der Waals surface area contributed by atoms with E-state index >= 15 is 0 Å². The molecule has 0 bridgehead atoms. The SMILES string of the molecule is O=C(NCc1cccc(C(=O)Nc2nc3c(s2)CC(N2CCOCC2)CC3)c1)c1ccc(-c2cnco2)cc1. The molecule has 1 saturated heterocycles. The van der Waals surface area contributed by atoms with E-state index in [-0.39, 0.29) is 11.8 Å². The number of rotatable bonds is 7. The molecule has 2 aliphatic rings. The highest BCUT2D eigenvalue weighted by Crippen LogP contribution is 2.32. The molecule has 200 valence electrons. The van der Waals surface area contributed by atoms with Crippen molar-refractivity contribution in [3.05, 3.63) is 88.4 Å². The van der Waals surface area contributed by atoms with Crippen molar-refractivity contribution in [1.82, 2.24) is 20.2 Å². The van der Waals surface area contributed by atoms with E-state index in [4.69, 9.17) is 14.1 Å². The maximum atomic E-state index is 13.0. The van der Waals surface area contributed by atoms with Gasteiger partial charge in [0.15, 0.2) is 17.3 Å². The number of hydrogen-bond donors (Lipinski definition) is 2. The smallest absolute Gasteiger partial charge is 0.257 e. The van der Waals surface area contributed by atoms with E-state index in [0.29, 0.717) is 34.6 Å². The van der Waals surface area contributed by atoms with Gasteiger partial charge in [-0.25, -0.2) is 9.97 Å². The van der Waals surface area contributed by atoms with Crippen LogP contribution < -0.4 is 10.6 Å². The van der Waals surface area contributed by atoms with Gasteiger partial charge in [0.05, 0.1) is 25.1 Å². The van der Waals surface area contributed by atoms with Crippen LogP contribution in [0.1, 0.15) is 43.3 Å². The number of aromatic nitrogens is 2. The Balaban J connectivity index is 1.04. The van der Waals surface area contributed by atoms with E-state index in [1.54, 1.807) is 41.8 Å². The topological polar surface area (TPSA) is 110 Å². The average molecular weight is 544 g/mol. The van der Waals surface area contributed by atoms with Crippen LogP contribution in [0.15, 0.2) is 65.5 Å². The van der Waals surface area contributed by atoms with Crippen molar-refractivity contribution in [2.24, 2.45) is 0 Å². The van der Waals surface area contributed by atoms with Gasteiger partial charge in [0.25, 0.3) is 11.8 Å². The minimum absolute atomic E-state index is 0.197. The Kier molecular flexibility index (Phi) is 7.49. The van der Waals surface area contributed by atoms with Crippen LogP contribution in [0.25, 0.3) is 11.3 Å². The minimum atomic E-state index is -0.206. The Morgan fingerprint density at radius 3 is 2.69 bits per heavy atom. The summed E-state index contributed by atoms with van der Waals surface area (Å²) in [6.45, 7) is 3.87. The van der Waals surface area contributed by atoms with Gasteiger partial charge in [-0.1, -0.05) is 24.3 Å². The number of aryl methyl sites for hydroxylation is 1. The number of morpholine rings is 1. The van der Waals surface area contributed by atoms with Crippen molar-refractivity contribution in [3.63, 3.8) is 0 Å². The summed E-state index contributed by atoms with van der Waals surface area (Å²) in [5.74, 6) is 0.242. The lowest BCUT2D eigenvalue weighted by Crippen LogP contribution is -2.45. The van der Waals surface area contributed by atoms with Crippen LogP contribution in [0.2, 0.25) is 0 Å². The summed E-state index contributed by atoms with van der Waals surface area (Å²) in [5, 5.41) is 6.54. The Labute approximate surface area is 230 Å². The molecule has 2 aromatic heterocycles. The van der Waals surface area contributed by atoms with Gasteiger partial charge in [-0.2, -0.15) is 0 Å². The molecule has 2 aromatic carbocycles. The number of carbonyl (C=O) groups is 2. The first-order valence-corrected chi connectivity index (χ1v) is 13.9. The van der Waals surface area contributed by atoms with E-state index in [1.807, 2.05) is 24.3 Å². The molecule has 9 nitrogen and oxygen atoms in total. The second-order valence-electron chi connectivity index (χ2n) is 9.71. The Morgan fingerprint density at radius 1 is 1.05 bits per heavy atom. The lowest BCUT2D eigenvalue weighted by atomic mass is 9.96. The van der Waals surface area contributed by atoms with Crippen LogP contribution in [0.4, 0.5) is 5.13 Å². The molecule has 1 aliphatic carbocycles. The Bertz CT molecular complexity index is 1440. The molecule has 4 aromatic rings. The highest BCUT2D eigenvalue weighted by atomic mass is 32.1. The van der Waals surface area contributed by atoms with Crippen LogP contribution in [0.5, 0.6) is 0 Å². The van der Waals surface area contributed by atoms with Gasteiger partial charge < -0.3 is 14.5 Å². The number of anilines is 1. The van der Waals surface area contributed by atoms with Gasteiger partial charge in [-0.05, 0) is 49.1 Å². The molecule has 1 unspecified atom stereocenters. The second-order valence-corrected chi connectivity index (χ2v) is 10.8. The third-order valence-corrected chi connectivity index (χ3v) is 8.24. The van der Waals surface area contributed by atoms with E-state index < -0.39 is 0 Å². The predicted octanol–water partition coefficient (Wildman–Crippen LogP) is 4.17. The summed E-state index contributed by atoms with van der Waals surface area (Å²) in [6, 6.07) is 14.9. The van der Waals surface area contributed by atoms with Gasteiger partial charge >= 0.3 is 0 Å². The predicted molar refractivity (Wildman–Crippen MR) is 148 cm³/mol. The van der Waals surface area contributed by atoms with Gasteiger partial charge in [0.1, 0.15) is 0 Å². The van der Waals surface area contributed by atoms with Crippen molar-refractivity contribution >= 4 is 28.3 Å². The van der Waals surface area contributed by atoms with Crippen molar-refractivity contribution in [2.75, 3.05) is 31.6 Å². The Morgan fingerprint density at radius 2 is 1.90 bits per heavy atom. The van der Waals surface area contributed by atoms with Crippen LogP contribution >= 0.6 is 11.3 Å². The number of thiazole rings is 1. The number of nitrogens with zero attached hydrogens (tertiary/aromatic N) is 3. The number of carbonyl (C=O) groups excluding carboxylic acids is 2. The molecule has 0 spiro atoms. The van der Waals surface area contributed by atoms with Gasteiger partial charge in [-0.15, -0.1) is 11.3 Å². The third kappa shape index (κ3) is 5.93. The molecule has 2 amide bonds. The van der Waals surface area contributed by atoms with E-state index in [1.165, 1.54) is 11.3 Å². The van der Waals surface area contributed by atoms with Crippen LogP contribution in [0.3, 0.4) is 0 Å². The van der Waals surface area contributed by atoms with Gasteiger partial charge in [-0.3, -0.25) is 19.8 Å². The van der Waals surface area contributed by atoms with Crippen LogP contribution in [-0.2, 0) is 24.1 Å². The number of amides is 2. The summed E-state index contributed by atoms with van der Waals surface area (Å²) >= 11 is 1.57. The fourth-order valence-electron chi connectivity index (χ4n) is 5.09. The first-order valence-electron chi connectivity index (χ1n) is 13.1. The fraction of sp³-hybridized carbons (Fsp3) is 0.310. The normalized spacial score (nSPS) is 17.4. The first kappa shape index (κ1) is 25.4. The monoisotopic (exact) mass is 543 g/mol. The van der Waals surface area contributed by atoms with Crippen molar-refractivity contribution in [1.29, 1.82) is 0 Å². The molecule has 1 atom stereocenters. The zero-order valence-electron chi connectivity index (χ0n) is 21.4. The summed E-state index contributed by atoms with van der Waals surface area (Å²) in [5.41, 5.74) is 3.85. The maximum Gasteiger partial charge on any atom is 0.257 e. The summed E-state index contributed by atoms with van der Waals surface area (Å²) in [6.07, 6.45) is 5.99. The summed E-state index contributed by atoms with van der Waals surface area (Å²) < 4.78 is 10.8. The van der Waals surface area contributed by atoms with Crippen molar-refractivity contribution in [2.45, 2.75) is 31.8 Å². The molecular weight excluding hydrogens is 514 g/mol. The number of benzene rings is 2. The first-order chi connectivity index (χ1) is 19.1. The lowest BCUT2D eigenvalue weighted by molar-refractivity contribution is 0.0139. The molecule has 10 heteroatoms. The van der Waals surface area contributed by atoms with Crippen LogP contribution in [0, 0.1) is 0 Å². The molecule has 2 N–H and O–H groups in total. The molecule has 1 fully saturated rings. The molecule has 1 aliphatic heterocycles. The Hall–Kier alpha value is -3.86. The quantitative estimate of drug-likeness (QED) is 0.360. The highest BCUT2D eigenvalue weighted by molar-refractivity contribution is 7.15. The standard InChI is InChI=1S/C29H29N5O4S/c35-27(21-6-4-20(5-7-21)25-17-30-18-38-25)31-16-19-2-1-3-22(14-19)28(36)33-29-32-24-9-8-23(15-26(24)39-29)34-10-12-37-13-11-34/h1-7,14,17-18,23H,8-13,15-16H2,(H,31,35)(H,32,33,36). The lowest BCUT2D eigenvalue weighted by Gasteiger charge is -2.36.